The fourth-order valence-corrected chi connectivity index (χ4v) is 4.66. The Morgan fingerprint density at radius 3 is 2.58 bits per heavy atom. The third-order valence-corrected chi connectivity index (χ3v) is 6.84. The lowest BCUT2D eigenvalue weighted by Crippen LogP contribution is -2.57. The highest BCUT2D eigenvalue weighted by Gasteiger charge is 2.39. The van der Waals surface area contributed by atoms with Crippen LogP contribution in [0.3, 0.4) is 0 Å². The topological polar surface area (TPSA) is 75.4 Å². The second kappa shape index (κ2) is 5.49. The minimum Gasteiger partial charge on any atom is -0.326 e. The molecule has 0 atom stereocenters. The van der Waals surface area contributed by atoms with E-state index in [1.807, 2.05) is 14.1 Å². The van der Waals surface area contributed by atoms with Gasteiger partial charge in [0, 0.05) is 18.6 Å². The van der Waals surface area contributed by atoms with Crippen molar-refractivity contribution < 1.29 is 8.42 Å². The van der Waals surface area contributed by atoms with E-state index < -0.39 is 10.0 Å². The number of hydrogen-bond acceptors (Lipinski definition) is 5. The highest BCUT2D eigenvalue weighted by Crippen LogP contribution is 2.35. The zero-order chi connectivity index (χ0) is 14.1. The van der Waals surface area contributed by atoms with Crippen molar-refractivity contribution in [2.24, 2.45) is 5.73 Å². The highest BCUT2D eigenvalue weighted by molar-refractivity contribution is 7.91. The summed E-state index contributed by atoms with van der Waals surface area (Å²) in [6, 6.07) is 1.65. The van der Waals surface area contributed by atoms with Gasteiger partial charge in [-0.25, -0.2) is 13.1 Å². The summed E-state index contributed by atoms with van der Waals surface area (Å²) in [5.74, 6) is 0. The van der Waals surface area contributed by atoms with E-state index in [1.54, 1.807) is 11.4 Å². The van der Waals surface area contributed by atoms with E-state index in [1.165, 1.54) is 11.3 Å². The molecule has 0 amide bonds. The molecular formula is C12H21N3O2S2. The van der Waals surface area contributed by atoms with Crippen LogP contribution in [0.25, 0.3) is 0 Å². The van der Waals surface area contributed by atoms with Crippen LogP contribution in [0.5, 0.6) is 0 Å². The Kier molecular flexibility index (Phi) is 4.32. The molecule has 19 heavy (non-hydrogen) atoms. The fraction of sp³-hybridized carbons (Fsp3) is 0.667. The van der Waals surface area contributed by atoms with E-state index in [4.69, 9.17) is 5.73 Å². The molecule has 1 aromatic rings. The molecule has 0 radical (unpaired) electrons. The van der Waals surface area contributed by atoms with Crippen LogP contribution in [0.1, 0.15) is 24.8 Å². The number of thiophene rings is 1. The summed E-state index contributed by atoms with van der Waals surface area (Å²) in [6.45, 7) is 0.839. The van der Waals surface area contributed by atoms with E-state index in [2.05, 4.69) is 9.62 Å². The van der Waals surface area contributed by atoms with E-state index in [9.17, 15) is 8.42 Å². The molecule has 0 aliphatic heterocycles. The van der Waals surface area contributed by atoms with Gasteiger partial charge in [-0.3, -0.25) is 0 Å². The molecule has 1 aliphatic rings. The summed E-state index contributed by atoms with van der Waals surface area (Å²) in [5.41, 5.74) is 6.35. The SMILES string of the molecule is CN(C)C1(CNS(=O)(=O)c2cc(CN)cs2)CCC1. The maximum Gasteiger partial charge on any atom is 0.250 e. The molecule has 1 saturated carbocycles. The molecule has 0 unspecified atom stereocenters. The third kappa shape index (κ3) is 3.00. The molecule has 1 heterocycles. The molecule has 108 valence electrons. The van der Waals surface area contributed by atoms with E-state index in [0.29, 0.717) is 17.3 Å². The van der Waals surface area contributed by atoms with Crippen molar-refractivity contribution >= 4 is 21.4 Å². The van der Waals surface area contributed by atoms with Crippen molar-refractivity contribution in [1.82, 2.24) is 9.62 Å². The van der Waals surface area contributed by atoms with Crippen LogP contribution in [0.4, 0.5) is 0 Å². The molecule has 0 saturated heterocycles. The monoisotopic (exact) mass is 303 g/mol. The summed E-state index contributed by atoms with van der Waals surface area (Å²) in [5, 5.41) is 1.79. The van der Waals surface area contributed by atoms with E-state index >= 15 is 0 Å². The molecular weight excluding hydrogens is 282 g/mol. The number of nitrogens with one attached hydrogen (secondary N) is 1. The van der Waals surface area contributed by atoms with Gasteiger partial charge >= 0.3 is 0 Å². The van der Waals surface area contributed by atoms with Crippen LogP contribution < -0.4 is 10.5 Å². The molecule has 5 nitrogen and oxygen atoms in total. The van der Waals surface area contributed by atoms with Crippen molar-refractivity contribution in [3.05, 3.63) is 17.0 Å². The lowest BCUT2D eigenvalue weighted by atomic mass is 9.76. The molecule has 0 bridgehead atoms. The number of hydrogen-bond donors (Lipinski definition) is 2. The van der Waals surface area contributed by atoms with Crippen LogP contribution in [-0.4, -0.2) is 39.5 Å². The van der Waals surface area contributed by atoms with Crippen LogP contribution in [-0.2, 0) is 16.6 Å². The minimum absolute atomic E-state index is 0.0129. The van der Waals surface area contributed by atoms with Gasteiger partial charge in [0.05, 0.1) is 0 Å². The lowest BCUT2D eigenvalue weighted by Gasteiger charge is -2.47. The van der Waals surface area contributed by atoms with Crippen molar-refractivity contribution in [2.75, 3.05) is 20.6 Å². The first-order chi connectivity index (χ1) is 8.89. The van der Waals surface area contributed by atoms with Gasteiger partial charge in [-0.1, -0.05) is 0 Å². The Labute approximate surface area is 118 Å². The van der Waals surface area contributed by atoms with Crippen molar-refractivity contribution in [2.45, 2.75) is 35.6 Å². The van der Waals surface area contributed by atoms with Gasteiger partial charge in [0.1, 0.15) is 4.21 Å². The average Bonchev–Trinajstić information content (AvgIpc) is 2.76. The van der Waals surface area contributed by atoms with Crippen LogP contribution in [0.2, 0.25) is 0 Å². The molecule has 0 spiro atoms. The molecule has 3 N–H and O–H groups in total. The maximum absolute atomic E-state index is 12.2. The number of rotatable bonds is 6. The summed E-state index contributed by atoms with van der Waals surface area (Å²) >= 11 is 1.22. The normalized spacial score (nSPS) is 18.5. The molecule has 2 rings (SSSR count). The average molecular weight is 303 g/mol. The van der Waals surface area contributed by atoms with Crippen molar-refractivity contribution in [3.8, 4) is 0 Å². The molecule has 7 heteroatoms. The van der Waals surface area contributed by atoms with E-state index in [-0.39, 0.29) is 5.54 Å². The zero-order valence-corrected chi connectivity index (χ0v) is 13.0. The van der Waals surface area contributed by atoms with Gasteiger partial charge < -0.3 is 10.6 Å². The van der Waals surface area contributed by atoms with Gasteiger partial charge in [0.15, 0.2) is 0 Å². The number of nitrogens with two attached hydrogens (primary N) is 1. The lowest BCUT2D eigenvalue weighted by molar-refractivity contribution is 0.0657. The summed E-state index contributed by atoms with van der Waals surface area (Å²) in [4.78, 5) is 2.12. The predicted octanol–water partition coefficient (Wildman–Crippen LogP) is 0.969. The summed E-state index contributed by atoms with van der Waals surface area (Å²) in [6.07, 6.45) is 3.25. The predicted molar refractivity (Wildman–Crippen MR) is 77.7 cm³/mol. The van der Waals surface area contributed by atoms with Crippen LogP contribution >= 0.6 is 11.3 Å². The zero-order valence-electron chi connectivity index (χ0n) is 11.3. The van der Waals surface area contributed by atoms with Crippen LogP contribution in [0, 0.1) is 0 Å². The van der Waals surface area contributed by atoms with Crippen molar-refractivity contribution in [3.63, 3.8) is 0 Å². The molecule has 1 aliphatic carbocycles. The summed E-state index contributed by atoms with van der Waals surface area (Å²) in [7, 11) is 0.604. The van der Waals surface area contributed by atoms with Crippen molar-refractivity contribution in [1.29, 1.82) is 0 Å². The van der Waals surface area contributed by atoms with Gasteiger partial charge in [-0.05, 0) is 50.4 Å². The van der Waals surface area contributed by atoms with Gasteiger partial charge in [0.25, 0.3) is 0 Å². The standard InChI is InChI=1S/C12H21N3O2S2/c1-15(2)12(4-3-5-12)9-14-19(16,17)11-6-10(7-13)8-18-11/h6,8,14H,3-5,7,9,13H2,1-2H3. The first kappa shape index (κ1) is 14.9. The van der Waals surface area contributed by atoms with Gasteiger partial charge in [0.2, 0.25) is 10.0 Å². The Morgan fingerprint density at radius 1 is 1.47 bits per heavy atom. The quantitative estimate of drug-likeness (QED) is 0.821. The molecule has 1 aromatic heterocycles. The number of sulfonamides is 1. The Bertz CT molecular complexity index is 533. The smallest absolute Gasteiger partial charge is 0.250 e. The minimum atomic E-state index is -3.41. The maximum atomic E-state index is 12.2. The molecule has 0 aromatic carbocycles. The Hall–Kier alpha value is -0.470. The van der Waals surface area contributed by atoms with E-state index in [0.717, 1.165) is 24.8 Å². The molecule has 1 fully saturated rings. The Balaban J connectivity index is 2.05. The first-order valence-corrected chi connectivity index (χ1v) is 8.70. The summed E-state index contributed by atoms with van der Waals surface area (Å²) < 4.78 is 27.5. The van der Waals surface area contributed by atoms with Gasteiger partial charge in [-0.2, -0.15) is 0 Å². The first-order valence-electron chi connectivity index (χ1n) is 6.34. The second-order valence-corrected chi connectivity index (χ2v) is 8.18. The Morgan fingerprint density at radius 2 is 2.16 bits per heavy atom. The highest BCUT2D eigenvalue weighted by atomic mass is 32.2. The number of nitrogens with zero attached hydrogens (tertiary/aromatic N) is 1. The largest absolute Gasteiger partial charge is 0.326 e. The fourth-order valence-electron chi connectivity index (χ4n) is 2.27. The second-order valence-electron chi connectivity index (χ2n) is 5.27. The third-order valence-electron chi connectivity index (χ3n) is 3.95. The van der Waals surface area contributed by atoms with Gasteiger partial charge in [-0.15, -0.1) is 11.3 Å². The van der Waals surface area contributed by atoms with Crippen LogP contribution in [0.15, 0.2) is 15.7 Å². The number of likely N-dealkylation sites (N-methyl/N-ethyl adjacent to an activating group) is 1.